The summed E-state index contributed by atoms with van der Waals surface area (Å²) >= 11 is 0. The predicted molar refractivity (Wildman–Crippen MR) is 137 cm³/mol. The minimum absolute atomic E-state index is 0.0230. The smallest absolute Gasteiger partial charge is 0.326 e. The van der Waals surface area contributed by atoms with E-state index in [0.717, 1.165) is 12.8 Å². The highest BCUT2D eigenvalue weighted by atomic mass is 16.5. The van der Waals surface area contributed by atoms with Gasteiger partial charge in [-0.1, -0.05) is 41.0 Å². The Morgan fingerprint density at radius 1 is 0.892 bits per heavy atom. The number of hydrogen-bond acceptors (Lipinski definition) is 8. The van der Waals surface area contributed by atoms with Gasteiger partial charge in [0.05, 0.1) is 31.3 Å². The van der Waals surface area contributed by atoms with E-state index < -0.39 is 41.3 Å². The molecule has 5 atom stereocenters. The summed E-state index contributed by atoms with van der Waals surface area (Å²) in [6.45, 7) is 11.7. The van der Waals surface area contributed by atoms with E-state index in [9.17, 15) is 29.1 Å². The minimum Gasteiger partial charge on any atom is -0.481 e. The zero-order valence-electron chi connectivity index (χ0n) is 23.1. The summed E-state index contributed by atoms with van der Waals surface area (Å²) in [6.07, 6.45) is 1.83. The van der Waals surface area contributed by atoms with Crippen molar-refractivity contribution >= 4 is 29.4 Å². The fraction of sp³-hybridized carbons (Fsp3) is 0.808. The molecule has 4 unspecified atom stereocenters. The average molecular weight is 531 g/mol. The number of hydrogen-bond donors (Lipinski definition) is 4. The van der Waals surface area contributed by atoms with E-state index in [1.54, 1.807) is 6.92 Å². The fourth-order valence-electron chi connectivity index (χ4n) is 3.54. The van der Waals surface area contributed by atoms with E-state index in [1.165, 1.54) is 13.8 Å². The van der Waals surface area contributed by atoms with Crippen molar-refractivity contribution in [3.63, 3.8) is 0 Å². The van der Waals surface area contributed by atoms with Gasteiger partial charge in [-0.2, -0.15) is 0 Å². The van der Waals surface area contributed by atoms with Gasteiger partial charge in [0.2, 0.25) is 5.91 Å². The van der Waals surface area contributed by atoms with E-state index in [4.69, 9.17) is 14.6 Å². The lowest BCUT2D eigenvalue weighted by Crippen LogP contribution is -2.51. The fourth-order valence-corrected chi connectivity index (χ4v) is 3.54. The highest BCUT2D eigenvalue weighted by Gasteiger charge is 2.33. The average Bonchev–Trinajstić information content (AvgIpc) is 2.85. The van der Waals surface area contributed by atoms with Crippen LogP contribution in [-0.2, 0) is 33.4 Å². The normalized spacial score (nSPS) is 16.2. The summed E-state index contributed by atoms with van der Waals surface area (Å²) in [5.41, 5.74) is -0.893. The van der Waals surface area contributed by atoms with Crippen molar-refractivity contribution in [2.24, 2.45) is 17.8 Å². The Morgan fingerprint density at radius 3 is 2.05 bits per heavy atom. The summed E-state index contributed by atoms with van der Waals surface area (Å²) in [4.78, 5) is 59.8. The van der Waals surface area contributed by atoms with Gasteiger partial charge >= 0.3 is 11.9 Å². The molecule has 0 radical (unpaired) electrons. The van der Waals surface area contributed by atoms with Crippen LogP contribution in [0.5, 0.6) is 0 Å². The molecule has 0 rings (SSSR count). The van der Waals surface area contributed by atoms with Crippen LogP contribution in [0.15, 0.2) is 0 Å². The Bertz CT molecular complexity index is 758. The third-order valence-corrected chi connectivity index (χ3v) is 6.73. The molecule has 0 heterocycles. The summed E-state index contributed by atoms with van der Waals surface area (Å²) < 4.78 is 10.8. The number of rotatable bonds is 22. The second-order valence-corrected chi connectivity index (χ2v) is 9.73. The van der Waals surface area contributed by atoms with Crippen LogP contribution in [0.1, 0.15) is 73.6 Å². The van der Waals surface area contributed by atoms with Crippen LogP contribution in [0.4, 0.5) is 0 Å². The zero-order valence-corrected chi connectivity index (χ0v) is 23.1. The van der Waals surface area contributed by atoms with Crippen molar-refractivity contribution in [1.82, 2.24) is 10.6 Å². The second kappa shape index (κ2) is 18.0. The number of carboxylic acid groups (broad SMARTS) is 2. The van der Waals surface area contributed by atoms with Gasteiger partial charge in [0.25, 0.3) is 0 Å². The second-order valence-electron chi connectivity index (χ2n) is 9.73. The maximum Gasteiger partial charge on any atom is 0.326 e. The maximum atomic E-state index is 13.0. The van der Waals surface area contributed by atoms with Crippen LogP contribution < -0.4 is 10.6 Å². The maximum absolute atomic E-state index is 13.0. The Morgan fingerprint density at radius 2 is 1.51 bits per heavy atom. The monoisotopic (exact) mass is 530 g/mol. The quantitative estimate of drug-likeness (QED) is 0.152. The van der Waals surface area contributed by atoms with Crippen LogP contribution in [0.25, 0.3) is 0 Å². The third kappa shape index (κ3) is 13.1. The number of Topliss-reactive ketones (excluding diaryl/α,β-unsaturated/α-hetero) is 2. The molecule has 0 bridgehead atoms. The van der Waals surface area contributed by atoms with Gasteiger partial charge in [-0.05, 0) is 26.2 Å². The third-order valence-electron chi connectivity index (χ3n) is 6.73. The van der Waals surface area contributed by atoms with Crippen LogP contribution in [0, 0.1) is 17.8 Å². The number of ketones is 2. The molecule has 214 valence electrons. The number of aliphatic carboxylic acids is 2. The Balaban J connectivity index is 4.65. The lowest BCUT2D eigenvalue weighted by Gasteiger charge is -2.30. The van der Waals surface area contributed by atoms with Crippen molar-refractivity contribution in [1.29, 1.82) is 0 Å². The van der Waals surface area contributed by atoms with Crippen LogP contribution >= 0.6 is 0 Å². The molecule has 11 nitrogen and oxygen atoms in total. The number of carbonyl (C=O) groups excluding carboxylic acids is 3. The van der Waals surface area contributed by atoms with Gasteiger partial charge in [0, 0.05) is 24.8 Å². The number of amides is 1. The minimum atomic E-state index is -1.30. The lowest BCUT2D eigenvalue weighted by molar-refractivity contribution is -0.147. The van der Waals surface area contributed by atoms with Gasteiger partial charge in [0.15, 0.2) is 11.6 Å². The first kappa shape index (κ1) is 34.6. The highest BCUT2D eigenvalue weighted by molar-refractivity contribution is 5.90. The molecule has 0 aliphatic heterocycles. The van der Waals surface area contributed by atoms with Gasteiger partial charge in [-0.3, -0.25) is 19.2 Å². The first-order valence-electron chi connectivity index (χ1n) is 13.0. The van der Waals surface area contributed by atoms with Crippen molar-refractivity contribution in [3.8, 4) is 0 Å². The molecule has 0 aromatic heterocycles. The van der Waals surface area contributed by atoms with E-state index >= 15 is 0 Å². The number of ether oxygens (including phenoxy) is 2. The molecule has 37 heavy (non-hydrogen) atoms. The molecular formula is C26H46N2O9. The number of carbonyl (C=O) groups is 5. The molecule has 0 saturated heterocycles. The van der Waals surface area contributed by atoms with E-state index in [1.807, 2.05) is 20.8 Å². The Labute approximate surface area is 220 Å². The molecule has 11 heteroatoms. The Hall–Kier alpha value is -2.37. The topological polar surface area (TPSA) is 168 Å². The van der Waals surface area contributed by atoms with Gasteiger partial charge in [-0.15, -0.1) is 0 Å². The summed E-state index contributed by atoms with van der Waals surface area (Å²) in [5.74, 6) is -5.18. The van der Waals surface area contributed by atoms with Crippen LogP contribution in [-0.4, -0.2) is 84.2 Å². The predicted octanol–water partition coefficient (Wildman–Crippen LogP) is 2.06. The molecule has 0 aliphatic carbocycles. The van der Waals surface area contributed by atoms with E-state index in [2.05, 4.69) is 10.6 Å². The standard InChI is InChI=1S/C26H46N2O9/c1-7-11-26(6,27-12-13-36-14-15-37-16-21(29)17(3)8-2)22(30)10-9-20(25(34)35)28-23(31)18(4)19(5)24(32)33/h17-20,27H,7-16H2,1-6H3,(H,28,31)(H,32,33)(H,34,35)/t17?,18?,19?,20-,26?/m0/s1. The molecule has 1 amide bonds. The van der Waals surface area contributed by atoms with Crippen molar-refractivity contribution in [2.75, 3.05) is 33.0 Å². The molecule has 0 aromatic rings. The van der Waals surface area contributed by atoms with Crippen LogP contribution in [0.3, 0.4) is 0 Å². The molecular weight excluding hydrogens is 484 g/mol. The Kier molecular flexibility index (Phi) is 16.8. The van der Waals surface area contributed by atoms with Crippen molar-refractivity contribution in [2.45, 2.75) is 85.2 Å². The molecule has 4 N–H and O–H groups in total. The van der Waals surface area contributed by atoms with Crippen molar-refractivity contribution < 1.29 is 43.7 Å². The molecule has 0 fully saturated rings. The molecule has 0 aliphatic rings. The zero-order chi connectivity index (χ0) is 28.6. The molecule has 0 spiro atoms. The van der Waals surface area contributed by atoms with Gasteiger partial charge in [-0.25, -0.2) is 4.79 Å². The van der Waals surface area contributed by atoms with Gasteiger partial charge < -0.3 is 30.3 Å². The highest BCUT2D eigenvalue weighted by Crippen LogP contribution is 2.18. The summed E-state index contributed by atoms with van der Waals surface area (Å²) in [5, 5.41) is 24.1. The SMILES string of the molecule is CCCC(C)(NCCOCCOCC(=O)C(C)CC)C(=O)CC[C@H](NC(=O)C(C)C(C)C(=O)O)C(=O)O. The van der Waals surface area contributed by atoms with Crippen molar-refractivity contribution in [3.05, 3.63) is 0 Å². The largest absolute Gasteiger partial charge is 0.481 e. The number of nitrogens with one attached hydrogen (secondary N) is 2. The first-order valence-corrected chi connectivity index (χ1v) is 13.0. The molecule has 0 saturated carbocycles. The van der Waals surface area contributed by atoms with E-state index in [0.29, 0.717) is 32.8 Å². The summed E-state index contributed by atoms with van der Waals surface area (Å²) in [7, 11) is 0. The number of carboxylic acids is 2. The van der Waals surface area contributed by atoms with Gasteiger partial charge in [0.1, 0.15) is 12.6 Å². The van der Waals surface area contributed by atoms with Crippen LogP contribution in [0.2, 0.25) is 0 Å². The summed E-state index contributed by atoms with van der Waals surface area (Å²) in [6, 6.07) is -1.30. The van der Waals surface area contributed by atoms with E-state index in [-0.39, 0.29) is 36.9 Å². The lowest BCUT2D eigenvalue weighted by atomic mass is 9.87. The molecule has 0 aromatic carbocycles. The first-order chi connectivity index (χ1) is 17.3.